The lowest BCUT2D eigenvalue weighted by Gasteiger charge is -2.30. The van der Waals surface area contributed by atoms with Crippen LogP contribution in [0.25, 0.3) is 0 Å². The fraction of sp³-hybridized carbons (Fsp3) is 0.500. The fourth-order valence-electron chi connectivity index (χ4n) is 2.80. The lowest BCUT2D eigenvalue weighted by atomic mass is 9.95. The highest BCUT2D eigenvalue weighted by Gasteiger charge is 2.26. The number of nitrogens with one attached hydrogen (secondary N) is 1. The highest BCUT2D eigenvalue weighted by Crippen LogP contribution is 2.30. The number of nitrogens with two attached hydrogens (primary N) is 1. The van der Waals surface area contributed by atoms with Crippen LogP contribution in [0.5, 0.6) is 0 Å². The van der Waals surface area contributed by atoms with E-state index in [2.05, 4.69) is 5.32 Å². The van der Waals surface area contributed by atoms with E-state index in [4.69, 9.17) is 5.73 Å². The van der Waals surface area contributed by atoms with Crippen LogP contribution in [-0.4, -0.2) is 30.8 Å². The van der Waals surface area contributed by atoms with E-state index in [-0.39, 0.29) is 18.2 Å². The summed E-state index contributed by atoms with van der Waals surface area (Å²) in [5.41, 5.74) is 7.02. The molecule has 0 atom stereocenters. The summed E-state index contributed by atoms with van der Waals surface area (Å²) in [4.78, 5) is 37.6. The number of carbonyl (C=O) groups excluding carboxylic acids is 3. The van der Waals surface area contributed by atoms with Crippen molar-refractivity contribution in [1.82, 2.24) is 5.32 Å². The van der Waals surface area contributed by atoms with Crippen LogP contribution in [0.1, 0.15) is 49.5 Å². The smallest absolute Gasteiger partial charge is 0.249 e. The van der Waals surface area contributed by atoms with Gasteiger partial charge in [-0.05, 0) is 30.5 Å². The van der Waals surface area contributed by atoms with Crippen molar-refractivity contribution in [3.05, 3.63) is 29.3 Å². The van der Waals surface area contributed by atoms with E-state index in [9.17, 15) is 14.4 Å². The molecule has 0 unspecified atom stereocenters. The van der Waals surface area contributed by atoms with Crippen LogP contribution in [0.15, 0.2) is 18.2 Å². The largest absolute Gasteiger partial charge is 0.366 e. The molecule has 130 valence electrons. The Morgan fingerprint density at radius 2 is 1.96 bits per heavy atom. The molecule has 0 aliphatic carbocycles. The Labute approximate surface area is 142 Å². The summed E-state index contributed by atoms with van der Waals surface area (Å²) < 4.78 is 0. The fourth-order valence-corrected chi connectivity index (χ4v) is 2.80. The molecule has 0 radical (unpaired) electrons. The van der Waals surface area contributed by atoms with Crippen molar-refractivity contribution in [2.75, 3.05) is 18.0 Å². The van der Waals surface area contributed by atoms with E-state index in [1.807, 2.05) is 26.8 Å². The first-order chi connectivity index (χ1) is 11.2. The standard InChI is InChI=1S/C18H25N3O3/c1-18(2,3)17(24)20-10-9-15(22)21-11-5-7-12-13(16(19)23)6-4-8-14(12)21/h4,6,8H,5,7,9-11H2,1-3H3,(H2,19,23)(H,20,24). The van der Waals surface area contributed by atoms with Crippen LogP contribution in [0.2, 0.25) is 0 Å². The highest BCUT2D eigenvalue weighted by molar-refractivity contribution is 6.00. The summed E-state index contributed by atoms with van der Waals surface area (Å²) in [6.07, 6.45) is 1.75. The molecule has 1 aliphatic rings. The van der Waals surface area contributed by atoms with Gasteiger partial charge in [0.05, 0.1) is 0 Å². The second-order valence-electron chi connectivity index (χ2n) is 7.07. The lowest BCUT2D eigenvalue weighted by molar-refractivity contribution is -0.128. The number of benzene rings is 1. The van der Waals surface area contributed by atoms with Gasteiger partial charge in [0.25, 0.3) is 0 Å². The Kier molecular flexibility index (Phi) is 5.26. The molecule has 0 aromatic heterocycles. The average Bonchev–Trinajstić information content (AvgIpc) is 2.52. The van der Waals surface area contributed by atoms with Crippen molar-refractivity contribution in [3.8, 4) is 0 Å². The first kappa shape index (κ1) is 18.0. The summed E-state index contributed by atoms with van der Waals surface area (Å²) >= 11 is 0. The second-order valence-corrected chi connectivity index (χ2v) is 7.07. The zero-order chi connectivity index (χ0) is 17.9. The highest BCUT2D eigenvalue weighted by atomic mass is 16.2. The third kappa shape index (κ3) is 3.93. The third-order valence-electron chi connectivity index (χ3n) is 4.12. The second kappa shape index (κ2) is 7.03. The quantitative estimate of drug-likeness (QED) is 0.878. The van der Waals surface area contributed by atoms with Gasteiger partial charge in [-0.15, -0.1) is 0 Å². The molecule has 3 amide bonds. The van der Waals surface area contributed by atoms with Crippen molar-refractivity contribution in [3.63, 3.8) is 0 Å². The molecule has 6 heteroatoms. The molecule has 6 nitrogen and oxygen atoms in total. The monoisotopic (exact) mass is 331 g/mol. The molecular weight excluding hydrogens is 306 g/mol. The van der Waals surface area contributed by atoms with Crippen molar-refractivity contribution < 1.29 is 14.4 Å². The topological polar surface area (TPSA) is 92.5 Å². The minimum atomic E-state index is -0.475. The molecular formula is C18H25N3O3. The van der Waals surface area contributed by atoms with Gasteiger partial charge in [0, 0.05) is 36.2 Å². The predicted octanol–water partition coefficient (Wildman–Crippen LogP) is 1.62. The van der Waals surface area contributed by atoms with Gasteiger partial charge in [-0.3, -0.25) is 14.4 Å². The van der Waals surface area contributed by atoms with Gasteiger partial charge in [-0.1, -0.05) is 26.8 Å². The van der Waals surface area contributed by atoms with Crippen LogP contribution in [0, 0.1) is 5.41 Å². The number of fused-ring (bicyclic) bond motifs is 1. The Hall–Kier alpha value is -2.37. The molecule has 24 heavy (non-hydrogen) atoms. The average molecular weight is 331 g/mol. The number of carbonyl (C=O) groups is 3. The SMILES string of the molecule is CC(C)(C)C(=O)NCCC(=O)N1CCCc2c(C(N)=O)cccc21. The molecule has 1 aromatic rings. The molecule has 0 saturated heterocycles. The van der Waals surface area contributed by atoms with E-state index in [1.54, 1.807) is 17.0 Å². The summed E-state index contributed by atoms with van der Waals surface area (Å²) in [6.45, 7) is 6.40. The normalized spacial score (nSPS) is 14.0. The molecule has 0 spiro atoms. The molecule has 0 fully saturated rings. The molecule has 1 aromatic carbocycles. The molecule has 1 heterocycles. The summed E-state index contributed by atoms with van der Waals surface area (Å²) in [6, 6.07) is 5.27. The number of primary amides is 1. The van der Waals surface area contributed by atoms with Crippen molar-refractivity contribution >= 4 is 23.4 Å². The van der Waals surface area contributed by atoms with Crippen LogP contribution in [-0.2, 0) is 16.0 Å². The number of nitrogens with zero attached hydrogens (tertiary/aromatic N) is 1. The zero-order valence-electron chi connectivity index (χ0n) is 14.5. The molecule has 2 rings (SSSR count). The summed E-state index contributed by atoms with van der Waals surface area (Å²) in [7, 11) is 0. The molecule has 0 bridgehead atoms. The van der Waals surface area contributed by atoms with Gasteiger partial charge in [-0.2, -0.15) is 0 Å². The number of anilines is 1. The van der Waals surface area contributed by atoms with Crippen LogP contribution in [0.3, 0.4) is 0 Å². The van der Waals surface area contributed by atoms with Crippen LogP contribution >= 0.6 is 0 Å². The number of amides is 3. The maximum Gasteiger partial charge on any atom is 0.249 e. The van der Waals surface area contributed by atoms with Gasteiger partial charge >= 0.3 is 0 Å². The summed E-state index contributed by atoms with van der Waals surface area (Å²) in [5, 5.41) is 2.79. The van der Waals surface area contributed by atoms with Gasteiger partial charge in [0.15, 0.2) is 0 Å². The van der Waals surface area contributed by atoms with E-state index in [0.29, 0.717) is 18.7 Å². The number of rotatable bonds is 4. The molecule has 0 saturated carbocycles. The maximum absolute atomic E-state index is 12.5. The minimum absolute atomic E-state index is 0.0632. The van der Waals surface area contributed by atoms with Crippen LogP contribution < -0.4 is 16.0 Å². The van der Waals surface area contributed by atoms with E-state index in [0.717, 1.165) is 24.1 Å². The van der Waals surface area contributed by atoms with Gasteiger partial charge in [0.2, 0.25) is 17.7 Å². The summed E-state index contributed by atoms with van der Waals surface area (Å²) in [5.74, 6) is -0.615. The Morgan fingerprint density at radius 3 is 2.58 bits per heavy atom. The predicted molar refractivity (Wildman–Crippen MR) is 92.7 cm³/mol. The van der Waals surface area contributed by atoms with Gasteiger partial charge < -0.3 is 16.0 Å². The van der Waals surface area contributed by atoms with Gasteiger partial charge in [-0.25, -0.2) is 0 Å². The first-order valence-corrected chi connectivity index (χ1v) is 8.22. The van der Waals surface area contributed by atoms with Crippen molar-refractivity contribution in [1.29, 1.82) is 0 Å². The van der Waals surface area contributed by atoms with Crippen molar-refractivity contribution in [2.24, 2.45) is 11.1 Å². The Balaban J connectivity index is 2.07. The lowest BCUT2D eigenvalue weighted by Crippen LogP contribution is -2.40. The number of hydrogen-bond donors (Lipinski definition) is 2. The molecule has 1 aliphatic heterocycles. The first-order valence-electron chi connectivity index (χ1n) is 8.22. The zero-order valence-corrected chi connectivity index (χ0v) is 14.5. The Bertz CT molecular complexity index is 662. The van der Waals surface area contributed by atoms with E-state index in [1.165, 1.54) is 0 Å². The Morgan fingerprint density at radius 1 is 1.25 bits per heavy atom. The molecule has 3 N–H and O–H groups in total. The van der Waals surface area contributed by atoms with Crippen molar-refractivity contribution in [2.45, 2.75) is 40.0 Å². The maximum atomic E-state index is 12.5. The minimum Gasteiger partial charge on any atom is -0.366 e. The number of hydrogen-bond acceptors (Lipinski definition) is 3. The third-order valence-corrected chi connectivity index (χ3v) is 4.12. The van der Waals surface area contributed by atoms with E-state index >= 15 is 0 Å². The van der Waals surface area contributed by atoms with Crippen LogP contribution in [0.4, 0.5) is 5.69 Å². The van der Waals surface area contributed by atoms with Gasteiger partial charge in [0.1, 0.15) is 0 Å². The van der Waals surface area contributed by atoms with E-state index < -0.39 is 11.3 Å².